The average Bonchev–Trinajstić information content (AvgIpc) is 3.38. The van der Waals surface area contributed by atoms with Crippen molar-refractivity contribution in [2.24, 2.45) is 5.73 Å². The second kappa shape index (κ2) is 57.7. The molecule has 9 nitrogen and oxygen atoms in total. The minimum Gasteiger partial charge on any atom is -0.462 e. The first-order valence-electron chi connectivity index (χ1n) is 29.0. The zero-order valence-electron chi connectivity index (χ0n) is 46.3. The highest BCUT2D eigenvalue weighted by atomic mass is 31.2. The Labute approximate surface area is 447 Å². The van der Waals surface area contributed by atoms with Gasteiger partial charge in [0.2, 0.25) is 0 Å². The summed E-state index contributed by atoms with van der Waals surface area (Å²) in [6, 6.07) is 0. The van der Waals surface area contributed by atoms with Crippen molar-refractivity contribution in [2.75, 3.05) is 26.4 Å². The number of hydrogen-bond acceptors (Lipinski definition) is 8. The molecule has 10 heteroatoms. The van der Waals surface area contributed by atoms with Crippen LogP contribution in [-0.2, 0) is 32.7 Å². The predicted molar refractivity (Wildman–Crippen MR) is 311 cm³/mol. The first-order chi connectivity index (χ1) is 35.8. The average molecular weight is 1040 g/mol. The number of unbranched alkanes of at least 4 members (excludes halogenated alkanes) is 20. The third-order valence-electron chi connectivity index (χ3n) is 11.8. The largest absolute Gasteiger partial charge is 0.472 e. The van der Waals surface area contributed by atoms with Crippen LogP contribution in [0.5, 0.6) is 0 Å². The maximum atomic E-state index is 12.7. The third kappa shape index (κ3) is 57.5. The molecule has 73 heavy (non-hydrogen) atoms. The number of carbonyl (C=O) groups is 2. The van der Waals surface area contributed by atoms with E-state index in [0.717, 1.165) is 116 Å². The molecule has 0 fully saturated rings. The topological polar surface area (TPSA) is 134 Å². The summed E-state index contributed by atoms with van der Waals surface area (Å²) in [7, 11) is -4.40. The molecule has 0 heterocycles. The van der Waals surface area contributed by atoms with Crippen molar-refractivity contribution in [1.29, 1.82) is 0 Å². The zero-order chi connectivity index (χ0) is 53.1. The Kier molecular flexibility index (Phi) is 54.8. The van der Waals surface area contributed by atoms with Crippen LogP contribution in [0.2, 0.25) is 0 Å². The van der Waals surface area contributed by atoms with Gasteiger partial charge in [0.25, 0.3) is 0 Å². The molecular formula is C63H106NO8P. The molecule has 0 aromatic heterocycles. The number of nitrogens with two attached hydrogens (primary N) is 1. The van der Waals surface area contributed by atoms with E-state index in [1.165, 1.54) is 77.0 Å². The summed E-state index contributed by atoms with van der Waals surface area (Å²) in [4.78, 5) is 35.1. The Bertz CT molecular complexity index is 1600. The number of phosphoric acid groups is 1. The molecule has 0 aliphatic carbocycles. The normalized spacial score (nSPS) is 14.0. The van der Waals surface area contributed by atoms with Crippen LogP contribution < -0.4 is 5.73 Å². The number of ether oxygens (including phenoxy) is 2. The van der Waals surface area contributed by atoms with E-state index >= 15 is 0 Å². The molecule has 0 aromatic rings. The molecule has 0 spiro atoms. The van der Waals surface area contributed by atoms with Crippen molar-refractivity contribution in [3.63, 3.8) is 0 Å². The van der Waals surface area contributed by atoms with Gasteiger partial charge in [-0.2, -0.15) is 0 Å². The molecule has 2 atom stereocenters. The number of allylic oxidation sites excluding steroid dienone is 20. The Morgan fingerprint density at radius 3 is 1.05 bits per heavy atom. The van der Waals surface area contributed by atoms with Crippen LogP contribution in [-0.4, -0.2) is 49.3 Å². The summed E-state index contributed by atoms with van der Waals surface area (Å²) >= 11 is 0. The molecule has 0 aromatic carbocycles. The lowest BCUT2D eigenvalue weighted by Gasteiger charge is -2.19. The summed E-state index contributed by atoms with van der Waals surface area (Å²) < 4.78 is 33.0. The molecule has 0 bridgehead atoms. The van der Waals surface area contributed by atoms with E-state index in [1.807, 2.05) is 0 Å². The zero-order valence-corrected chi connectivity index (χ0v) is 47.2. The fraction of sp³-hybridized carbons (Fsp3) is 0.651. The van der Waals surface area contributed by atoms with E-state index in [4.69, 9.17) is 24.3 Å². The number of carbonyl (C=O) groups excluding carboxylic acids is 2. The first kappa shape index (κ1) is 69.4. The van der Waals surface area contributed by atoms with E-state index in [9.17, 15) is 19.0 Å². The highest BCUT2D eigenvalue weighted by Gasteiger charge is 2.26. The minimum atomic E-state index is -4.40. The third-order valence-corrected chi connectivity index (χ3v) is 12.8. The van der Waals surface area contributed by atoms with Gasteiger partial charge in [-0.15, -0.1) is 0 Å². The lowest BCUT2D eigenvalue weighted by atomic mass is 10.0. The van der Waals surface area contributed by atoms with Crippen molar-refractivity contribution in [1.82, 2.24) is 0 Å². The molecule has 416 valence electrons. The fourth-order valence-electron chi connectivity index (χ4n) is 7.63. The van der Waals surface area contributed by atoms with Gasteiger partial charge in [-0.05, 0) is 103 Å². The summed E-state index contributed by atoms with van der Waals surface area (Å²) in [5.41, 5.74) is 5.37. The van der Waals surface area contributed by atoms with E-state index < -0.39 is 32.5 Å². The Hall–Kier alpha value is -3.59. The standard InChI is InChI=1S/C63H106NO8P/c1-3-5-7-9-11-13-15-17-19-20-21-22-23-24-25-26-27-28-29-30-31-32-33-34-35-36-37-38-39-40-42-44-46-48-50-52-54-56-63(66)72-61(60-71-73(67,68)70-58-57-64)59-69-62(65)55-53-51-49-47-45-43-41-18-16-14-12-10-8-6-4-2/h5-8,11-14,17-19,21-22,24-25,27-28,30-31,41,61H,3-4,9-10,15-16,20,23,26,29,32-40,42-60,64H2,1-2H3,(H,67,68)/b7-5-,8-6-,13-11-,14-12-,19-17-,22-21-,25-24-,28-27-,31-30-,41-18-. The molecule has 0 saturated carbocycles. The van der Waals surface area contributed by atoms with Gasteiger partial charge in [-0.1, -0.05) is 238 Å². The van der Waals surface area contributed by atoms with Crippen LogP contribution in [0.25, 0.3) is 0 Å². The smallest absolute Gasteiger partial charge is 0.462 e. The first-order valence-corrected chi connectivity index (χ1v) is 30.5. The van der Waals surface area contributed by atoms with Crippen molar-refractivity contribution in [2.45, 2.75) is 238 Å². The molecular weight excluding hydrogens is 930 g/mol. The van der Waals surface area contributed by atoms with Gasteiger partial charge in [0.15, 0.2) is 6.10 Å². The number of phosphoric ester groups is 1. The SMILES string of the molecule is CC/C=C\C/C=C\C/C=C\C/C=C\C/C=C\C/C=C\C/C=C\CCCCCCCCCCCCCCCCCC(=O)OC(COC(=O)CCCCCCC/C=C\C/C=C\C/C=C\CC)COP(=O)(O)OCCN. The minimum absolute atomic E-state index is 0.0461. The van der Waals surface area contributed by atoms with Crippen molar-refractivity contribution in [3.8, 4) is 0 Å². The van der Waals surface area contributed by atoms with Crippen molar-refractivity contribution >= 4 is 19.8 Å². The number of esters is 2. The lowest BCUT2D eigenvalue weighted by molar-refractivity contribution is -0.161. The molecule has 2 unspecified atom stereocenters. The van der Waals surface area contributed by atoms with E-state index in [-0.39, 0.29) is 32.6 Å². The molecule has 0 aliphatic rings. The summed E-state index contributed by atoms with van der Waals surface area (Å²) in [6.07, 6.45) is 79.8. The van der Waals surface area contributed by atoms with Gasteiger partial charge < -0.3 is 20.1 Å². The summed E-state index contributed by atoms with van der Waals surface area (Å²) in [5.74, 6) is -0.852. The van der Waals surface area contributed by atoms with Crippen LogP contribution in [0, 0.1) is 0 Å². The van der Waals surface area contributed by atoms with Crippen molar-refractivity contribution < 1.29 is 37.6 Å². The molecule has 0 radical (unpaired) electrons. The molecule has 0 amide bonds. The maximum absolute atomic E-state index is 12.7. The molecule has 3 N–H and O–H groups in total. The Morgan fingerprint density at radius 2 is 0.712 bits per heavy atom. The highest BCUT2D eigenvalue weighted by Crippen LogP contribution is 2.43. The van der Waals surface area contributed by atoms with Crippen LogP contribution in [0.15, 0.2) is 122 Å². The van der Waals surface area contributed by atoms with E-state index in [1.54, 1.807) is 0 Å². The van der Waals surface area contributed by atoms with Crippen LogP contribution in [0.4, 0.5) is 0 Å². The fourth-order valence-corrected chi connectivity index (χ4v) is 8.40. The Morgan fingerprint density at radius 1 is 0.411 bits per heavy atom. The number of rotatable bonds is 53. The maximum Gasteiger partial charge on any atom is 0.472 e. The molecule has 0 aliphatic heterocycles. The molecule has 0 rings (SSSR count). The number of hydrogen-bond donors (Lipinski definition) is 2. The van der Waals surface area contributed by atoms with E-state index in [0.29, 0.717) is 12.8 Å². The van der Waals surface area contributed by atoms with Crippen molar-refractivity contribution in [3.05, 3.63) is 122 Å². The summed E-state index contributed by atoms with van der Waals surface area (Å²) in [5, 5.41) is 0. The van der Waals surface area contributed by atoms with Crippen LogP contribution in [0.3, 0.4) is 0 Å². The van der Waals surface area contributed by atoms with Gasteiger partial charge in [0, 0.05) is 19.4 Å². The van der Waals surface area contributed by atoms with Gasteiger partial charge in [-0.3, -0.25) is 18.6 Å². The molecule has 0 saturated heterocycles. The quantitative estimate of drug-likeness (QED) is 0.0264. The monoisotopic (exact) mass is 1040 g/mol. The lowest BCUT2D eigenvalue weighted by Crippen LogP contribution is -2.29. The van der Waals surface area contributed by atoms with Gasteiger partial charge in [0.05, 0.1) is 13.2 Å². The Balaban J connectivity index is 3.92. The van der Waals surface area contributed by atoms with Gasteiger partial charge in [-0.25, -0.2) is 4.57 Å². The highest BCUT2D eigenvalue weighted by molar-refractivity contribution is 7.47. The van der Waals surface area contributed by atoms with Gasteiger partial charge in [0.1, 0.15) is 6.61 Å². The predicted octanol–water partition coefficient (Wildman–Crippen LogP) is 18.4. The van der Waals surface area contributed by atoms with E-state index in [2.05, 4.69) is 135 Å². The van der Waals surface area contributed by atoms with Gasteiger partial charge >= 0.3 is 19.8 Å². The van der Waals surface area contributed by atoms with Crippen LogP contribution in [0.1, 0.15) is 232 Å². The second-order valence-corrected chi connectivity index (χ2v) is 20.2. The summed E-state index contributed by atoms with van der Waals surface area (Å²) in [6.45, 7) is 3.49. The second-order valence-electron chi connectivity index (χ2n) is 18.7. The van der Waals surface area contributed by atoms with Crippen LogP contribution >= 0.6 is 7.82 Å².